The molecule has 0 aliphatic rings. The Hall–Kier alpha value is -1.83. The van der Waals surface area contributed by atoms with Crippen LogP contribution >= 0.6 is 0 Å². The molecular formula is C14H24N2O5. The molecule has 0 spiro atoms. The van der Waals surface area contributed by atoms with Crippen molar-refractivity contribution in [3.05, 3.63) is 36.3 Å². The number of hydrogen-bond acceptors (Lipinski definition) is 6. The molecule has 4 N–H and O–H groups in total. The average molecular weight is 300 g/mol. The lowest BCUT2D eigenvalue weighted by Crippen LogP contribution is -2.42. The fraction of sp³-hybridized carbons (Fsp3) is 0.500. The third-order valence-corrected chi connectivity index (χ3v) is 2.88. The number of nitrogens with zero attached hydrogens (tertiary/aromatic N) is 1. The number of nitrogens with one attached hydrogen (secondary N) is 1. The number of amides is 1. The van der Waals surface area contributed by atoms with Crippen molar-refractivity contribution in [3.63, 3.8) is 0 Å². The molecule has 0 saturated heterocycles. The first-order valence-corrected chi connectivity index (χ1v) is 6.38. The van der Waals surface area contributed by atoms with Gasteiger partial charge < -0.3 is 30.3 Å². The van der Waals surface area contributed by atoms with Crippen LogP contribution in [0.2, 0.25) is 0 Å². The van der Waals surface area contributed by atoms with Gasteiger partial charge in [-0.1, -0.05) is 6.08 Å². The first kappa shape index (κ1) is 19.2. The lowest BCUT2D eigenvalue weighted by Gasteiger charge is -2.31. The van der Waals surface area contributed by atoms with E-state index < -0.39 is 24.9 Å². The van der Waals surface area contributed by atoms with E-state index in [0.717, 1.165) is 6.08 Å². The van der Waals surface area contributed by atoms with E-state index in [2.05, 4.69) is 11.9 Å². The highest BCUT2D eigenvalue weighted by Gasteiger charge is 2.38. The minimum Gasteiger partial charge on any atom is -0.509 e. The van der Waals surface area contributed by atoms with Crippen molar-refractivity contribution in [1.82, 2.24) is 10.2 Å². The molecule has 0 rings (SSSR count). The zero-order valence-electron chi connectivity index (χ0n) is 12.7. The summed E-state index contributed by atoms with van der Waals surface area (Å²) >= 11 is 0. The van der Waals surface area contributed by atoms with E-state index in [1.54, 1.807) is 18.0 Å². The van der Waals surface area contributed by atoms with Gasteiger partial charge in [-0.2, -0.15) is 0 Å². The van der Waals surface area contributed by atoms with Crippen LogP contribution in [0.1, 0.15) is 6.92 Å². The van der Waals surface area contributed by atoms with Crippen LogP contribution in [0, 0.1) is 0 Å². The molecule has 0 saturated carbocycles. The van der Waals surface area contributed by atoms with Gasteiger partial charge in [0.2, 0.25) is 0 Å². The quantitative estimate of drug-likeness (QED) is 0.205. The molecule has 0 aliphatic carbocycles. The molecule has 21 heavy (non-hydrogen) atoms. The highest BCUT2D eigenvalue weighted by atomic mass is 16.6. The summed E-state index contributed by atoms with van der Waals surface area (Å²) in [4.78, 5) is 13.8. The molecule has 0 heterocycles. The topological polar surface area (TPSA) is 102 Å². The minimum absolute atomic E-state index is 0.0746. The molecule has 120 valence electrons. The fourth-order valence-corrected chi connectivity index (χ4v) is 1.71. The Kier molecular flexibility index (Phi) is 8.37. The molecule has 0 radical (unpaired) electrons. The molecule has 0 aromatic carbocycles. The molecule has 0 aromatic rings. The van der Waals surface area contributed by atoms with E-state index in [9.17, 15) is 9.90 Å². The first-order chi connectivity index (χ1) is 9.87. The second-order valence-electron chi connectivity index (χ2n) is 4.43. The normalized spacial score (nSPS) is 15.3. The van der Waals surface area contributed by atoms with Crippen molar-refractivity contribution >= 4 is 5.91 Å². The molecule has 0 fully saturated rings. The maximum absolute atomic E-state index is 12.1. The molecule has 0 aliphatic heterocycles. The highest BCUT2D eigenvalue weighted by Crippen LogP contribution is 2.29. The summed E-state index contributed by atoms with van der Waals surface area (Å²) in [5, 5.41) is 30.5. The van der Waals surface area contributed by atoms with Gasteiger partial charge in [0.1, 0.15) is 12.6 Å². The smallest absolute Gasteiger partial charge is 0.251 e. The number of ether oxygens (including phenoxy) is 1. The Morgan fingerprint density at radius 1 is 1.48 bits per heavy atom. The zero-order chi connectivity index (χ0) is 16.5. The zero-order valence-corrected chi connectivity index (χ0v) is 12.7. The van der Waals surface area contributed by atoms with Crippen molar-refractivity contribution in [2.75, 3.05) is 34.0 Å². The SMILES string of the molecule is C=CCN(C)/C=C(\C(=O)NC)C(C)(OCO)/C(O)=C/CO. The minimum atomic E-state index is -1.59. The van der Waals surface area contributed by atoms with Gasteiger partial charge in [0.25, 0.3) is 5.91 Å². The van der Waals surface area contributed by atoms with Gasteiger partial charge in [0.05, 0.1) is 12.2 Å². The number of likely N-dealkylation sites (N-methyl/N-ethyl adjacent to an activating group) is 2. The van der Waals surface area contributed by atoms with Gasteiger partial charge >= 0.3 is 0 Å². The van der Waals surface area contributed by atoms with E-state index in [1.165, 1.54) is 20.2 Å². The van der Waals surface area contributed by atoms with Crippen molar-refractivity contribution in [2.24, 2.45) is 0 Å². The Morgan fingerprint density at radius 3 is 2.52 bits per heavy atom. The molecule has 1 unspecified atom stereocenters. The predicted octanol–water partition coefficient (Wildman–Crippen LogP) is -0.107. The summed E-state index contributed by atoms with van der Waals surface area (Å²) in [6, 6.07) is 0. The predicted molar refractivity (Wildman–Crippen MR) is 79.4 cm³/mol. The summed E-state index contributed by atoms with van der Waals surface area (Å²) in [5.41, 5.74) is -1.52. The van der Waals surface area contributed by atoms with Gasteiger partial charge in [0.15, 0.2) is 5.60 Å². The van der Waals surface area contributed by atoms with E-state index in [-0.39, 0.29) is 11.3 Å². The number of aliphatic hydroxyl groups excluding tert-OH is 3. The Bertz CT molecular complexity index is 420. The number of hydrogen-bond donors (Lipinski definition) is 4. The van der Waals surface area contributed by atoms with Gasteiger partial charge in [0, 0.05) is 26.8 Å². The van der Waals surface area contributed by atoms with Gasteiger partial charge in [-0.3, -0.25) is 4.79 Å². The Morgan fingerprint density at radius 2 is 2.10 bits per heavy atom. The van der Waals surface area contributed by atoms with Crippen LogP contribution in [-0.2, 0) is 9.53 Å². The third kappa shape index (κ3) is 5.22. The van der Waals surface area contributed by atoms with Gasteiger partial charge in [-0.25, -0.2) is 0 Å². The summed E-state index contributed by atoms with van der Waals surface area (Å²) < 4.78 is 5.15. The molecule has 7 nitrogen and oxygen atoms in total. The van der Waals surface area contributed by atoms with Crippen molar-refractivity contribution < 1.29 is 24.9 Å². The maximum Gasteiger partial charge on any atom is 0.251 e. The van der Waals surface area contributed by atoms with Crippen molar-refractivity contribution in [1.29, 1.82) is 0 Å². The van der Waals surface area contributed by atoms with Crippen LogP contribution in [0.25, 0.3) is 0 Å². The van der Waals surface area contributed by atoms with Crippen LogP contribution < -0.4 is 5.32 Å². The molecule has 0 aromatic heterocycles. The van der Waals surface area contributed by atoms with Crippen LogP contribution in [0.5, 0.6) is 0 Å². The van der Waals surface area contributed by atoms with Crippen LogP contribution in [0.15, 0.2) is 36.3 Å². The van der Waals surface area contributed by atoms with Crippen molar-refractivity contribution in [2.45, 2.75) is 12.5 Å². The number of carbonyl (C=O) groups excluding carboxylic acids is 1. The fourth-order valence-electron chi connectivity index (χ4n) is 1.71. The molecule has 1 amide bonds. The lowest BCUT2D eigenvalue weighted by molar-refractivity contribution is -0.124. The van der Waals surface area contributed by atoms with Gasteiger partial charge in [-0.15, -0.1) is 6.58 Å². The number of carbonyl (C=O) groups is 1. The average Bonchev–Trinajstić information content (AvgIpc) is 2.44. The van der Waals surface area contributed by atoms with Crippen LogP contribution in [-0.4, -0.2) is 65.8 Å². The molecule has 7 heteroatoms. The van der Waals surface area contributed by atoms with E-state index in [4.69, 9.17) is 14.9 Å². The number of rotatable bonds is 9. The highest BCUT2D eigenvalue weighted by molar-refractivity contribution is 5.95. The molecule has 1 atom stereocenters. The summed E-state index contributed by atoms with van der Waals surface area (Å²) in [7, 11) is 3.16. The van der Waals surface area contributed by atoms with Crippen molar-refractivity contribution in [3.8, 4) is 0 Å². The maximum atomic E-state index is 12.1. The third-order valence-electron chi connectivity index (χ3n) is 2.88. The first-order valence-electron chi connectivity index (χ1n) is 6.38. The second-order valence-corrected chi connectivity index (χ2v) is 4.43. The Balaban J connectivity index is 5.86. The standard InChI is InChI=1S/C14H24N2O5/c1-5-7-16(4)9-11(13(20)15-3)14(2,21-10-18)12(19)6-8-17/h5-6,9,17-19H,1,7-8,10H2,2-4H3,(H,15,20)/b11-9+,12-6-. The molecule has 0 bridgehead atoms. The lowest BCUT2D eigenvalue weighted by atomic mass is 9.92. The molecular weight excluding hydrogens is 276 g/mol. The summed E-state index contributed by atoms with van der Waals surface area (Å²) in [6.45, 7) is 4.36. The summed E-state index contributed by atoms with van der Waals surface area (Å²) in [5.74, 6) is -0.861. The number of aliphatic hydroxyl groups is 3. The van der Waals surface area contributed by atoms with E-state index >= 15 is 0 Å². The van der Waals surface area contributed by atoms with E-state index in [1.807, 2.05) is 0 Å². The summed E-state index contributed by atoms with van der Waals surface area (Å²) in [6.07, 6.45) is 4.23. The van der Waals surface area contributed by atoms with Gasteiger partial charge in [-0.05, 0) is 13.0 Å². The largest absolute Gasteiger partial charge is 0.509 e. The Labute approximate surface area is 124 Å². The van der Waals surface area contributed by atoms with E-state index in [0.29, 0.717) is 6.54 Å². The van der Waals surface area contributed by atoms with Crippen LogP contribution in [0.4, 0.5) is 0 Å². The second kappa shape index (κ2) is 9.17. The van der Waals surface area contributed by atoms with Crippen LogP contribution in [0.3, 0.4) is 0 Å². The monoisotopic (exact) mass is 300 g/mol.